The molecule has 0 aliphatic carbocycles. The fraction of sp³-hybridized carbons (Fsp3) is 0.533. The molecule has 0 radical (unpaired) electrons. The van der Waals surface area contributed by atoms with E-state index in [1.807, 2.05) is 13.8 Å². The van der Waals surface area contributed by atoms with Crippen LogP contribution in [0.5, 0.6) is 0 Å². The maximum atomic E-state index is 11.8. The van der Waals surface area contributed by atoms with Crippen LogP contribution in [0.1, 0.15) is 30.5 Å². The van der Waals surface area contributed by atoms with Crippen LogP contribution in [-0.4, -0.2) is 17.8 Å². The zero-order chi connectivity index (χ0) is 13.7. The Balaban J connectivity index is 2.52. The van der Waals surface area contributed by atoms with E-state index in [0.29, 0.717) is 18.9 Å². The van der Waals surface area contributed by atoms with Crippen molar-refractivity contribution < 1.29 is 4.79 Å². The van der Waals surface area contributed by atoms with Gasteiger partial charge in [0.15, 0.2) is 0 Å². The van der Waals surface area contributed by atoms with Crippen molar-refractivity contribution in [2.75, 3.05) is 6.54 Å². The van der Waals surface area contributed by atoms with Gasteiger partial charge in [-0.1, -0.05) is 37.6 Å². The van der Waals surface area contributed by atoms with Crippen molar-refractivity contribution in [1.82, 2.24) is 5.32 Å². The number of carbonyl (C=O) groups is 1. The minimum atomic E-state index is -0.00689. The Labute approximate surface area is 115 Å². The van der Waals surface area contributed by atoms with Crippen molar-refractivity contribution in [3.63, 3.8) is 0 Å². The molecule has 1 atom stereocenters. The van der Waals surface area contributed by atoms with Gasteiger partial charge in [0, 0.05) is 6.54 Å². The second kappa shape index (κ2) is 6.79. The van der Waals surface area contributed by atoms with Gasteiger partial charge in [-0.25, -0.2) is 0 Å². The summed E-state index contributed by atoms with van der Waals surface area (Å²) in [5, 5.41) is 2.88. The number of aryl methyl sites for hydroxylation is 2. The van der Waals surface area contributed by atoms with Gasteiger partial charge in [0.05, 0.1) is 11.8 Å². The summed E-state index contributed by atoms with van der Waals surface area (Å²) in [5.74, 6) is 0.405. The van der Waals surface area contributed by atoms with Crippen molar-refractivity contribution in [3.05, 3.63) is 34.9 Å². The van der Waals surface area contributed by atoms with Crippen LogP contribution in [0.2, 0.25) is 0 Å². The van der Waals surface area contributed by atoms with Gasteiger partial charge in [0.25, 0.3) is 0 Å². The van der Waals surface area contributed by atoms with E-state index in [1.54, 1.807) is 0 Å². The average molecular weight is 268 g/mol. The quantitative estimate of drug-likeness (QED) is 0.816. The van der Waals surface area contributed by atoms with E-state index in [0.717, 1.165) is 11.1 Å². The van der Waals surface area contributed by atoms with E-state index in [4.69, 9.17) is 11.6 Å². The molecule has 0 aliphatic rings. The molecule has 18 heavy (non-hydrogen) atoms. The Morgan fingerprint density at radius 3 is 2.61 bits per heavy atom. The summed E-state index contributed by atoms with van der Waals surface area (Å²) < 4.78 is 0. The summed E-state index contributed by atoms with van der Waals surface area (Å²) in [6, 6.07) is 6.18. The second-order valence-electron chi connectivity index (χ2n) is 5.17. The summed E-state index contributed by atoms with van der Waals surface area (Å²) in [6.07, 6.45) is 0.426. The van der Waals surface area contributed by atoms with Crippen molar-refractivity contribution in [3.8, 4) is 0 Å². The molecular formula is C15H22ClNO. The van der Waals surface area contributed by atoms with Crippen LogP contribution < -0.4 is 5.32 Å². The minimum Gasteiger partial charge on any atom is -0.354 e. The first-order valence-electron chi connectivity index (χ1n) is 6.37. The van der Waals surface area contributed by atoms with E-state index in [2.05, 4.69) is 37.4 Å². The predicted molar refractivity (Wildman–Crippen MR) is 77.1 cm³/mol. The van der Waals surface area contributed by atoms with E-state index >= 15 is 0 Å². The van der Waals surface area contributed by atoms with E-state index < -0.39 is 0 Å². The van der Waals surface area contributed by atoms with Crippen molar-refractivity contribution in [2.24, 2.45) is 5.92 Å². The van der Waals surface area contributed by atoms with Gasteiger partial charge in [-0.2, -0.15) is 0 Å². The molecular weight excluding hydrogens is 246 g/mol. The van der Waals surface area contributed by atoms with Crippen LogP contribution >= 0.6 is 11.6 Å². The lowest BCUT2D eigenvalue weighted by Crippen LogP contribution is -2.33. The lowest BCUT2D eigenvalue weighted by atomic mass is 10.0. The highest BCUT2D eigenvalue weighted by atomic mass is 35.5. The average Bonchev–Trinajstić information content (AvgIpc) is 2.30. The molecule has 1 amide bonds. The molecule has 2 nitrogen and oxygen atoms in total. The number of hydrogen-bond donors (Lipinski definition) is 1. The van der Waals surface area contributed by atoms with Gasteiger partial charge < -0.3 is 5.32 Å². The Bertz CT molecular complexity index is 415. The maximum Gasteiger partial charge on any atom is 0.224 e. The fourth-order valence-corrected chi connectivity index (χ4v) is 1.75. The van der Waals surface area contributed by atoms with Crippen LogP contribution in [0.15, 0.2) is 18.2 Å². The molecule has 3 heteroatoms. The summed E-state index contributed by atoms with van der Waals surface area (Å²) in [7, 11) is 0. The topological polar surface area (TPSA) is 29.1 Å². The maximum absolute atomic E-state index is 11.8. The molecule has 0 aromatic heterocycles. The monoisotopic (exact) mass is 267 g/mol. The SMILES string of the molecule is Cc1ccc(C)c(CC(=O)NCC(Cl)C(C)C)c1. The first-order chi connectivity index (χ1) is 8.40. The first-order valence-corrected chi connectivity index (χ1v) is 6.80. The molecule has 1 N–H and O–H groups in total. The lowest BCUT2D eigenvalue weighted by molar-refractivity contribution is -0.120. The van der Waals surface area contributed by atoms with Gasteiger partial charge in [-0.15, -0.1) is 11.6 Å². The van der Waals surface area contributed by atoms with Gasteiger partial charge in [0.2, 0.25) is 5.91 Å². The molecule has 0 fully saturated rings. The molecule has 1 unspecified atom stereocenters. The van der Waals surface area contributed by atoms with Crippen LogP contribution in [-0.2, 0) is 11.2 Å². The predicted octanol–water partition coefficient (Wildman–Crippen LogP) is 3.23. The van der Waals surface area contributed by atoms with Crippen LogP contribution in [0.25, 0.3) is 0 Å². The standard InChI is InChI=1S/C15H22ClNO/c1-10(2)14(16)9-17-15(18)8-13-7-11(3)5-6-12(13)4/h5-7,10,14H,8-9H2,1-4H3,(H,17,18). The highest BCUT2D eigenvalue weighted by Crippen LogP contribution is 2.12. The van der Waals surface area contributed by atoms with Crippen molar-refractivity contribution in [2.45, 2.75) is 39.5 Å². The summed E-state index contributed by atoms with van der Waals surface area (Å²) in [5.41, 5.74) is 3.42. The first kappa shape index (κ1) is 15.0. The number of nitrogens with one attached hydrogen (secondary N) is 1. The summed E-state index contributed by atoms with van der Waals surface area (Å²) in [6.45, 7) is 8.70. The van der Waals surface area contributed by atoms with E-state index in [9.17, 15) is 4.79 Å². The third kappa shape index (κ3) is 4.69. The van der Waals surface area contributed by atoms with Crippen molar-refractivity contribution >= 4 is 17.5 Å². The minimum absolute atomic E-state index is 0.00689. The zero-order valence-corrected chi connectivity index (χ0v) is 12.3. The van der Waals surface area contributed by atoms with Gasteiger partial charge >= 0.3 is 0 Å². The van der Waals surface area contributed by atoms with Crippen LogP contribution in [0.4, 0.5) is 0 Å². The van der Waals surface area contributed by atoms with E-state index in [1.165, 1.54) is 5.56 Å². The Kier molecular flexibility index (Phi) is 5.67. The number of benzene rings is 1. The number of hydrogen-bond acceptors (Lipinski definition) is 1. The van der Waals surface area contributed by atoms with Crippen LogP contribution in [0, 0.1) is 19.8 Å². The molecule has 0 saturated carbocycles. The molecule has 0 bridgehead atoms. The van der Waals surface area contributed by atoms with Gasteiger partial charge in [-0.05, 0) is 30.9 Å². The third-order valence-electron chi connectivity index (χ3n) is 3.07. The lowest BCUT2D eigenvalue weighted by Gasteiger charge is -2.14. The largest absolute Gasteiger partial charge is 0.354 e. The summed E-state index contributed by atoms with van der Waals surface area (Å²) in [4.78, 5) is 11.8. The fourth-order valence-electron chi connectivity index (χ4n) is 1.67. The normalized spacial score (nSPS) is 12.6. The van der Waals surface area contributed by atoms with Crippen LogP contribution in [0.3, 0.4) is 0 Å². The molecule has 1 aromatic carbocycles. The van der Waals surface area contributed by atoms with Crippen molar-refractivity contribution in [1.29, 1.82) is 0 Å². The Morgan fingerprint density at radius 2 is 2.00 bits per heavy atom. The smallest absolute Gasteiger partial charge is 0.224 e. The number of alkyl halides is 1. The third-order valence-corrected chi connectivity index (χ3v) is 3.73. The second-order valence-corrected chi connectivity index (χ2v) is 5.73. The number of rotatable bonds is 5. The molecule has 0 heterocycles. The molecule has 0 aliphatic heterocycles. The number of halogens is 1. The molecule has 0 saturated heterocycles. The summed E-state index contributed by atoms with van der Waals surface area (Å²) >= 11 is 6.10. The Morgan fingerprint density at radius 1 is 1.33 bits per heavy atom. The highest BCUT2D eigenvalue weighted by Gasteiger charge is 2.12. The highest BCUT2D eigenvalue weighted by molar-refractivity contribution is 6.21. The van der Waals surface area contributed by atoms with Gasteiger partial charge in [0.1, 0.15) is 0 Å². The number of carbonyl (C=O) groups excluding carboxylic acids is 1. The zero-order valence-electron chi connectivity index (χ0n) is 11.6. The van der Waals surface area contributed by atoms with E-state index in [-0.39, 0.29) is 11.3 Å². The number of amides is 1. The van der Waals surface area contributed by atoms with Gasteiger partial charge in [-0.3, -0.25) is 4.79 Å². The molecule has 1 rings (SSSR count). The molecule has 100 valence electrons. The Hall–Kier alpha value is -1.02. The molecule has 1 aromatic rings. The molecule has 0 spiro atoms.